The second-order valence-electron chi connectivity index (χ2n) is 5.40. The average Bonchev–Trinajstić information content (AvgIpc) is 2.40. The Kier molecular flexibility index (Phi) is 4.00. The van der Waals surface area contributed by atoms with Gasteiger partial charge in [-0.15, -0.1) is 0 Å². The summed E-state index contributed by atoms with van der Waals surface area (Å²) in [6.07, 6.45) is 3.67. The van der Waals surface area contributed by atoms with Gasteiger partial charge in [-0.3, -0.25) is 4.90 Å². The maximum absolute atomic E-state index is 9.02. The third kappa shape index (κ3) is 3.10. The summed E-state index contributed by atoms with van der Waals surface area (Å²) in [6, 6.07) is 13.3. The van der Waals surface area contributed by atoms with Crippen molar-refractivity contribution in [3.63, 3.8) is 0 Å². The van der Waals surface area contributed by atoms with Crippen LogP contribution in [0.2, 0.25) is 0 Å². The lowest BCUT2D eigenvalue weighted by molar-refractivity contribution is 0.161. The number of nitrogens with two attached hydrogens (primary N) is 1. The summed E-state index contributed by atoms with van der Waals surface area (Å²) >= 11 is 0. The van der Waals surface area contributed by atoms with Crippen LogP contribution in [0.3, 0.4) is 0 Å². The molecule has 0 atom stereocenters. The summed E-state index contributed by atoms with van der Waals surface area (Å²) in [4.78, 5) is 2.38. The smallest absolute Gasteiger partial charge is 0.104 e. The Morgan fingerprint density at radius 3 is 2.50 bits per heavy atom. The molecular weight excluding hydrogens is 222 g/mol. The molecule has 0 spiro atoms. The SMILES string of the molecule is CN(Cc1ccccc1)C1CCC(N)(C#N)CC1. The minimum atomic E-state index is -0.579. The van der Waals surface area contributed by atoms with Gasteiger partial charge in [0, 0.05) is 12.6 Å². The summed E-state index contributed by atoms with van der Waals surface area (Å²) in [6.45, 7) is 0.968. The summed E-state index contributed by atoms with van der Waals surface area (Å²) in [5.41, 5.74) is 6.75. The molecule has 1 aromatic rings. The fourth-order valence-electron chi connectivity index (χ4n) is 2.67. The zero-order chi connectivity index (χ0) is 13.0. The number of nitriles is 1. The van der Waals surface area contributed by atoms with Crippen LogP contribution in [-0.2, 0) is 6.54 Å². The molecule has 0 radical (unpaired) electrons. The van der Waals surface area contributed by atoms with Gasteiger partial charge in [-0.25, -0.2) is 0 Å². The first-order valence-corrected chi connectivity index (χ1v) is 6.57. The van der Waals surface area contributed by atoms with Crippen LogP contribution in [0.5, 0.6) is 0 Å². The molecule has 0 aromatic heterocycles. The Bertz CT molecular complexity index is 413. The number of hydrogen-bond donors (Lipinski definition) is 1. The van der Waals surface area contributed by atoms with Gasteiger partial charge in [0.15, 0.2) is 0 Å². The predicted molar refractivity (Wildman–Crippen MR) is 72.7 cm³/mol. The summed E-state index contributed by atoms with van der Waals surface area (Å²) in [5, 5.41) is 9.02. The topological polar surface area (TPSA) is 53.0 Å². The van der Waals surface area contributed by atoms with E-state index in [-0.39, 0.29) is 0 Å². The molecule has 1 aromatic carbocycles. The molecule has 0 unspecified atom stereocenters. The van der Waals surface area contributed by atoms with Crippen molar-refractivity contribution in [3.8, 4) is 6.07 Å². The predicted octanol–water partition coefficient (Wildman–Crippen LogP) is 2.28. The fourth-order valence-corrected chi connectivity index (χ4v) is 2.67. The second kappa shape index (κ2) is 5.51. The first kappa shape index (κ1) is 13.1. The van der Waals surface area contributed by atoms with Crippen LogP contribution in [0, 0.1) is 11.3 Å². The molecule has 1 aliphatic carbocycles. The van der Waals surface area contributed by atoms with Crippen molar-refractivity contribution in [1.82, 2.24) is 4.90 Å². The Labute approximate surface area is 109 Å². The third-order valence-electron chi connectivity index (χ3n) is 3.97. The monoisotopic (exact) mass is 243 g/mol. The van der Waals surface area contributed by atoms with E-state index < -0.39 is 5.54 Å². The van der Waals surface area contributed by atoms with Crippen molar-refractivity contribution in [3.05, 3.63) is 35.9 Å². The highest BCUT2D eigenvalue weighted by atomic mass is 15.1. The van der Waals surface area contributed by atoms with Crippen molar-refractivity contribution in [1.29, 1.82) is 5.26 Å². The first-order chi connectivity index (χ1) is 8.63. The number of benzene rings is 1. The molecule has 96 valence electrons. The first-order valence-electron chi connectivity index (χ1n) is 6.57. The van der Waals surface area contributed by atoms with Gasteiger partial charge in [0.2, 0.25) is 0 Å². The molecule has 0 aliphatic heterocycles. The molecule has 1 saturated carbocycles. The van der Waals surface area contributed by atoms with Gasteiger partial charge in [-0.05, 0) is 38.3 Å². The minimum Gasteiger partial charge on any atom is -0.313 e. The van der Waals surface area contributed by atoms with Crippen molar-refractivity contribution in [2.75, 3.05) is 7.05 Å². The standard InChI is InChI=1S/C15H21N3/c1-18(11-13-5-3-2-4-6-13)14-7-9-15(17,12-16)10-8-14/h2-6,14H,7-11,17H2,1H3. The number of nitrogens with zero attached hydrogens (tertiary/aromatic N) is 2. The van der Waals surface area contributed by atoms with Crippen molar-refractivity contribution < 1.29 is 0 Å². The second-order valence-corrected chi connectivity index (χ2v) is 5.40. The van der Waals surface area contributed by atoms with E-state index in [2.05, 4.69) is 42.3 Å². The summed E-state index contributed by atoms with van der Waals surface area (Å²) in [5.74, 6) is 0. The molecule has 2 rings (SSSR count). The van der Waals surface area contributed by atoms with E-state index in [1.54, 1.807) is 0 Å². The highest BCUT2D eigenvalue weighted by Gasteiger charge is 2.32. The van der Waals surface area contributed by atoms with E-state index in [9.17, 15) is 0 Å². The molecule has 0 amide bonds. The van der Waals surface area contributed by atoms with Crippen molar-refractivity contribution >= 4 is 0 Å². The average molecular weight is 243 g/mol. The normalized spacial score (nSPS) is 28.0. The lowest BCUT2D eigenvalue weighted by Crippen LogP contribution is -2.46. The van der Waals surface area contributed by atoms with E-state index in [4.69, 9.17) is 11.0 Å². The number of rotatable bonds is 3. The van der Waals surface area contributed by atoms with Gasteiger partial charge in [0.05, 0.1) is 6.07 Å². The van der Waals surface area contributed by atoms with Crippen molar-refractivity contribution in [2.45, 2.75) is 43.8 Å². The van der Waals surface area contributed by atoms with Gasteiger partial charge >= 0.3 is 0 Å². The number of hydrogen-bond acceptors (Lipinski definition) is 3. The zero-order valence-electron chi connectivity index (χ0n) is 11.0. The minimum absolute atomic E-state index is 0.551. The Morgan fingerprint density at radius 1 is 1.33 bits per heavy atom. The van der Waals surface area contributed by atoms with E-state index in [1.807, 2.05) is 6.07 Å². The third-order valence-corrected chi connectivity index (χ3v) is 3.97. The Balaban J connectivity index is 1.89. The molecule has 1 fully saturated rings. The lowest BCUT2D eigenvalue weighted by Gasteiger charge is -2.36. The van der Waals surface area contributed by atoms with Gasteiger partial charge in [0.1, 0.15) is 5.54 Å². The fraction of sp³-hybridized carbons (Fsp3) is 0.533. The van der Waals surface area contributed by atoms with Crippen LogP contribution in [0.4, 0.5) is 0 Å². The maximum atomic E-state index is 9.02. The van der Waals surface area contributed by atoms with Crippen LogP contribution < -0.4 is 5.73 Å². The van der Waals surface area contributed by atoms with Crippen LogP contribution in [-0.4, -0.2) is 23.5 Å². The maximum Gasteiger partial charge on any atom is 0.104 e. The van der Waals surface area contributed by atoms with E-state index in [1.165, 1.54) is 5.56 Å². The molecule has 2 N–H and O–H groups in total. The molecule has 18 heavy (non-hydrogen) atoms. The molecule has 0 heterocycles. The molecular formula is C15H21N3. The lowest BCUT2D eigenvalue weighted by atomic mass is 9.81. The molecule has 3 nitrogen and oxygen atoms in total. The van der Waals surface area contributed by atoms with Gasteiger partial charge in [0.25, 0.3) is 0 Å². The molecule has 1 aliphatic rings. The zero-order valence-corrected chi connectivity index (χ0v) is 11.0. The van der Waals surface area contributed by atoms with Crippen molar-refractivity contribution in [2.24, 2.45) is 5.73 Å². The van der Waals surface area contributed by atoms with Crippen LogP contribution in [0.15, 0.2) is 30.3 Å². The summed E-state index contributed by atoms with van der Waals surface area (Å²) < 4.78 is 0. The highest BCUT2D eigenvalue weighted by Crippen LogP contribution is 2.28. The van der Waals surface area contributed by atoms with Crippen LogP contribution >= 0.6 is 0 Å². The molecule has 0 bridgehead atoms. The molecule has 3 heteroatoms. The van der Waals surface area contributed by atoms with Gasteiger partial charge in [-0.2, -0.15) is 5.26 Å². The van der Waals surface area contributed by atoms with Gasteiger partial charge in [-0.1, -0.05) is 30.3 Å². The van der Waals surface area contributed by atoms with Crippen LogP contribution in [0.25, 0.3) is 0 Å². The highest BCUT2D eigenvalue weighted by molar-refractivity contribution is 5.15. The summed E-state index contributed by atoms with van der Waals surface area (Å²) in [7, 11) is 2.16. The molecule has 0 saturated heterocycles. The van der Waals surface area contributed by atoms with E-state index >= 15 is 0 Å². The van der Waals surface area contributed by atoms with E-state index in [0.29, 0.717) is 6.04 Å². The van der Waals surface area contributed by atoms with Gasteiger partial charge < -0.3 is 5.73 Å². The van der Waals surface area contributed by atoms with Crippen LogP contribution in [0.1, 0.15) is 31.2 Å². The largest absolute Gasteiger partial charge is 0.313 e. The Morgan fingerprint density at radius 2 is 1.94 bits per heavy atom. The van der Waals surface area contributed by atoms with E-state index in [0.717, 1.165) is 32.2 Å². The Hall–Kier alpha value is -1.37. The quantitative estimate of drug-likeness (QED) is 0.886.